The van der Waals surface area contributed by atoms with Crippen LogP contribution in [0.15, 0.2) is 16.0 Å². The largest absolute Gasteiger partial charge is 0.310 e. The number of aromatic amines is 1. The molecule has 98 valence electrons. The van der Waals surface area contributed by atoms with Crippen molar-refractivity contribution in [3.63, 3.8) is 0 Å². The minimum absolute atomic E-state index is 0.145. The molecular weight excluding hydrogens is 262 g/mol. The van der Waals surface area contributed by atoms with Crippen LogP contribution in [-0.2, 0) is 0 Å². The van der Waals surface area contributed by atoms with Gasteiger partial charge < -0.3 is 9.88 Å². The normalized spacial score (nSPS) is 10.4. The second-order valence-electron chi connectivity index (χ2n) is 3.30. The molecular formula is C10H12F2N4OS. The minimum atomic E-state index is -2.77. The van der Waals surface area contributed by atoms with Gasteiger partial charge in [-0.25, -0.2) is 13.8 Å². The van der Waals surface area contributed by atoms with Gasteiger partial charge in [0.2, 0.25) is 0 Å². The molecule has 0 fully saturated rings. The summed E-state index contributed by atoms with van der Waals surface area (Å²) in [7, 11) is 0. The summed E-state index contributed by atoms with van der Waals surface area (Å²) in [6, 6.07) is 0.780. The molecule has 1 heterocycles. The van der Waals surface area contributed by atoms with Gasteiger partial charge in [0, 0.05) is 24.9 Å². The Balaban J connectivity index is 2.63. The van der Waals surface area contributed by atoms with Crippen molar-refractivity contribution in [2.75, 3.05) is 18.8 Å². The average Bonchev–Trinajstić information content (AvgIpc) is 2.34. The number of nitrogens with zero attached hydrogens (tertiary/aromatic N) is 3. The number of alkyl halides is 2. The summed E-state index contributed by atoms with van der Waals surface area (Å²) in [4.78, 5) is 18.6. The highest BCUT2D eigenvalue weighted by atomic mass is 32.2. The van der Waals surface area contributed by atoms with Crippen molar-refractivity contribution in [2.24, 2.45) is 0 Å². The van der Waals surface area contributed by atoms with Crippen LogP contribution in [-0.4, -0.2) is 33.7 Å². The Labute approximate surface area is 107 Å². The fourth-order valence-corrected chi connectivity index (χ4v) is 2.01. The van der Waals surface area contributed by atoms with Crippen molar-refractivity contribution in [3.05, 3.63) is 22.1 Å². The van der Waals surface area contributed by atoms with E-state index in [4.69, 9.17) is 5.26 Å². The van der Waals surface area contributed by atoms with Gasteiger partial charge in [0.15, 0.2) is 11.3 Å². The van der Waals surface area contributed by atoms with Crippen LogP contribution < -0.4 is 5.56 Å². The molecule has 0 unspecified atom stereocenters. The molecule has 0 atom stereocenters. The maximum atomic E-state index is 12.4. The van der Waals surface area contributed by atoms with E-state index in [1.54, 1.807) is 0 Å². The third kappa shape index (κ3) is 4.33. The maximum absolute atomic E-state index is 12.4. The second kappa shape index (κ2) is 6.96. The van der Waals surface area contributed by atoms with Gasteiger partial charge in [0.1, 0.15) is 5.69 Å². The van der Waals surface area contributed by atoms with Gasteiger partial charge in [-0.1, -0.05) is 11.8 Å². The van der Waals surface area contributed by atoms with Gasteiger partial charge >= 0.3 is 0 Å². The fraction of sp³-hybridized carbons (Fsp3) is 0.500. The van der Waals surface area contributed by atoms with Crippen molar-refractivity contribution in [1.29, 1.82) is 5.26 Å². The van der Waals surface area contributed by atoms with Gasteiger partial charge in [-0.15, -0.1) is 0 Å². The van der Waals surface area contributed by atoms with Crippen molar-refractivity contribution in [3.8, 4) is 6.19 Å². The summed E-state index contributed by atoms with van der Waals surface area (Å²) < 4.78 is 24.8. The Morgan fingerprint density at radius 3 is 2.94 bits per heavy atom. The topological polar surface area (TPSA) is 72.8 Å². The van der Waals surface area contributed by atoms with Crippen LogP contribution in [0.1, 0.15) is 19.0 Å². The average molecular weight is 274 g/mol. The molecule has 1 aromatic heterocycles. The number of halogens is 2. The third-order valence-corrected chi connectivity index (χ3v) is 2.94. The monoisotopic (exact) mass is 274 g/mol. The molecule has 0 saturated carbocycles. The van der Waals surface area contributed by atoms with E-state index in [2.05, 4.69) is 9.97 Å². The summed E-state index contributed by atoms with van der Waals surface area (Å²) in [5, 5.41) is 8.82. The van der Waals surface area contributed by atoms with Gasteiger partial charge in [-0.3, -0.25) is 4.79 Å². The van der Waals surface area contributed by atoms with Crippen molar-refractivity contribution in [2.45, 2.75) is 18.5 Å². The minimum Gasteiger partial charge on any atom is -0.310 e. The summed E-state index contributed by atoms with van der Waals surface area (Å²) >= 11 is 1.13. The molecule has 18 heavy (non-hydrogen) atoms. The number of hydrogen-bond donors (Lipinski definition) is 1. The number of hydrogen-bond acceptors (Lipinski definition) is 5. The highest BCUT2D eigenvalue weighted by molar-refractivity contribution is 7.99. The standard InChI is InChI=1S/C10H12F2N4OS/c1-2-16(6-13)3-4-18-10-14-7(9(11)12)5-8(17)15-10/h5,9H,2-4H2,1H3,(H,14,15,17). The predicted molar refractivity (Wildman–Crippen MR) is 63.4 cm³/mol. The number of aromatic nitrogens is 2. The molecule has 0 spiro atoms. The van der Waals surface area contributed by atoms with Gasteiger partial charge in [0.05, 0.1) is 0 Å². The molecule has 0 aliphatic heterocycles. The highest BCUT2D eigenvalue weighted by Gasteiger charge is 2.11. The zero-order valence-corrected chi connectivity index (χ0v) is 10.5. The Bertz CT molecular complexity index is 486. The van der Waals surface area contributed by atoms with Crippen LogP contribution >= 0.6 is 11.8 Å². The van der Waals surface area contributed by atoms with Crippen LogP contribution in [0.2, 0.25) is 0 Å². The molecule has 8 heteroatoms. The van der Waals surface area contributed by atoms with Crippen LogP contribution in [0.5, 0.6) is 0 Å². The SMILES string of the molecule is CCN(C#N)CCSc1nc(C(F)F)cc(=O)[nH]1. The lowest BCUT2D eigenvalue weighted by Gasteiger charge is -2.11. The van der Waals surface area contributed by atoms with Gasteiger partial charge in [0.25, 0.3) is 12.0 Å². The Morgan fingerprint density at radius 1 is 1.67 bits per heavy atom. The molecule has 0 saturated heterocycles. The van der Waals surface area contributed by atoms with Crippen molar-refractivity contribution >= 4 is 11.8 Å². The first kappa shape index (κ1) is 14.4. The number of rotatable bonds is 6. The lowest BCUT2D eigenvalue weighted by Crippen LogP contribution is -2.20. The number of H-pyrrole nitrogens is 1. The van der Waals surface area contributed by atoms with E-state index >= 15 is 0 Å². The summed E-state index contributed by atoms with van der Waals surface area (Å²) in [6.45, 7) is 2.89. The summed E-state index contributed by atoms with van der Waals surface area (Å²) in [5.41, 5.74) is -1.13. The van der Waals surface area contributed by atoms with E-state index in [0.717, 1.165) is 17.8 Å². The van der Waals surface area contributed by atoms with E-state index in [-0.39, 0.29) is 5.16 Å². The predicted octanol–water partition coefficient (Wildman–Crippen LogP) is 1.60. The van der Waals surface area contributed by atoms with E-state index in [9.17, 15) is 13.6 Å². The lowest BCUT2D eigenvalue weighted by atomic mass is 10.4. The molecule has 0 aliphatic carbocycles. The molecule has 1 aromatic rings. The Hall–Kier alpha value is -1.62. The number of nitriles is 1. The van der Waals surface area contributed by atoms with Crippen LogP contribution in [0, 0.1) is 11.5 Å². The summed E-state index contributed by atoms with van der Waals surface area (Å²) in [5.74, 6) is 0.483. The second-order valence-corrected chi connectivity index (χ2v) is 4.39. The molecule has 0 amide bonds. The number of thioether (sulfide) groups is 1. The molecule has 1 N–H and O–H groups in total. The number of nitrogens with one attached hydrogen (secondary N) is 1. The molecule has 0 bridgehead atoms. The van der Waals surface area contributed by atoms with Crippen LogP contribution in [0.3, 0.4) is 0 Å². The van der Waals surface area contributed by atoms with E-state index in [1.165, 1.54) is 4.90 Å². The molecule has 0 radical (unpaired) electrons. The first-order chi connectivity index (χ1) is 8.56. The molecule has 0 aliphatic rings. The Morgan fingerprint density at radius 2 is 2.39 bits per heavy atom. The third-order valence-electron chi connectivity index (χ3n) is 2.09. The van der Waals surface area contributed by atoms with Crippen LogP contribution in [0.25, 0.3) is 0 Å². The maximum Gasteiger partial charge on any atom is 0.280 e. The molecule has 1 rings (SSSR count). The van der Waals surface area contributed by atoms with Gasteiger partial charge in [-0.05, 0) is 6.92 Å². The smallest absolute Gasteiger partial charge is 0.280 e. The highest BCUT2D eigenvalue weighted by Crippen LogP contribution is 2.17. The van der Waals surface area contributed by atoms with Crippen molar-refractivity contribution < 1.29 is 8.78 Å². The van der Waals surface area contributed by atoms with Crippen LogP contribution in [0.4, 0.5) is 8.78 Å². The van der Waals surface area contributed by atoms with E-state index < -0.39 is 17.7 Å². The first-order valence-electron chi connectivity index (χ1n) is 5.23. The Kier molecular flexibility index (Phi) is 5.58. The molecule has 0 aromatic carbocycles. The fourth-order valence-electron chi connectivity index (χ4n) is 1.16. The summed E-state index contributed by atoms with van der Waals surface area (Å²) in [6.07, 6.45) is -0.779. The van der Waals surface area contributed by atoms with E-state index in [0.29, 0.717) is 18.8 Å². The zero-order chi connectivity index (χ0) is 13.5. The van der Waals surface area contributed by atoms with Gasteiger partial charge in [-0.2, -0.15) is 5.26 Å². The van der Waals surface area contributed by atoms with E-state index in [1.807, 2.05) is 13.1 Å². The molecule has 5 nitrogen and oxygen atoms in total. The lowest BCUT2D eigenvalue weighted by molar-refractivity contribution is 0.145. The first-order valence-corrected chi connectivity index (χ1v) is 6.22. The zero-order valence-electron chi connectivity index (χ0n) is 9.69. The quantitative estimate of drug-likeness (QED) is 0.369. The van der Waals surface area contributed by atoms with Crippen molar-refractivity contribution in [1.82, 2.24) is 14.9 Å².